The maximum absolute atomic E-state index is 13.0. The van der Waals surface area contributed by atoms with E-state index in [0.29, 0.717) is 18.8 Å². The lowest BCUT2D eigenvalue weighted by Gasteiger charge is -2.30. The van der Waals surface area contributed by atoms with E-state index in [-0.39, 0.29) is 0 Å². The van der Waals surface area contributed by atoms with Crippen molar-refractivity contribution in [3.63, 3.8) is 0 Å². The zero-order valence-electron chi connectivity index (χ0n) is 9.99. The highest BCUT2D eigenvalue weighted by Crippen LogP contribution is 2.22. The molecule has 1 aromatic rings. The van der Waals surface area contributed by atoms with Gasteiger partial charge in [0, 0.05) is 18.8 Å². The molecule has 1 aliphatic rings. The number of piperidine rings is 1. The monoisotopic (exact) mass is 222 g/mol. The van der Waals surface area contributed by atoms with Crippen LogP contribution in [0.3, 0.4) is 0 Å². The molecular weight excluding hydrogens is 203 g/mol. The van der Waals surface area contributed by atoms with Crippen LogP contribution in [0.4, 0.5) is 10.1 Å². The summed E-state index contributed by atoms with van der Waals surface area (Å²) in [6.07, 6.45) is 2.59. The van der Waals surface area contributed by atoms with Crippen LogP contribution in [-0.2, 0) is 0 Å². The Morgan fingerprint density at radius 1 is 1.31 bits per heavy atom. The molecule has 0 atom stereocenters. The fourth-order valence-electron chi connectivity index (χ4n) is 2.03. The van der Waals surface area contributed by atoms with Gasteiger partial charge in [-0.3, -0.25) is 4.98 Å². The second kappa shape index (κ2) is 4.81. The lowest BCUT2D eigenvalue weighted by atomic mass is 10.1. The molecule has 0 N–H and O–H groups in total. The molecule has 0 saturated carbocycles. The summed E-state index contributed by atoms with van der Waals surface area (Å²) < 4.78 is 13.0. The van der Waals surface area contributed by atoms with Gasteiger partial charge in [-0.1, -0.05) is 13.8 Å². The molecule has 0 radical (unpaired) electrons. The third kappa shape index (κ3) is 2.52. The molecule has 2 nitrogen and oxygen atoms in total. The van der Waals surface area contributed by atoms with Crippen LogP contribution in [-0.4, -0.2) is 24.2 Å². The smallest absolute Gasteiger partial charge is 0.103 e. The molecule has 2 heterocycles. The van der Waals surface area contributed by atoms with Crippen molar-refractivity contribution < 1.29 is 4.39 Å². The quantitative estimate of drug-likeness (QED) is 0.764. The van der Waals surface area contributed by atoms with Crippen LogP contribution in [0.25, 0.3) is 0 Å². The summed E-state index contributed by atoms with van der Waals surface area (Å²) in [5, 5.41) is 0. The Morgan fingerprint density at radius 3 is 2.50 bits per heavy atom. The number of anilines is 1. The molecule has 0 aliphatic carbocycles. The van der Waals surface area contributed by atoms with E-state index in [0.717, 1.165) is 24.5 Å². The Bertz CT molecular complexity index is 326. The predicted molar refractivity (Wildman–Crippen MR) is 64.7 cm³/mol. The zero-order chi connectivity index (χ0) is 11.5. The van der Waals surface area contributed by atoms with Crippen molar-refractivity contribution in [1.29, 1.82) is 0 Å². The summed E-state index contributed by atoms with van der Waals surface area (Å²) in [6.45, 7) is 5.89. The van der Waals surface area contributed by atoms with Crippen LogP contribution < -0.4 is 4.90 Å². The average molecular weight is 222 g/mol. The van der Waals surface area contributed by atoms with Crippen molar-refractivity contribution in [1.82, 2.24) is 4.98 Å². The number of rotatable bonds is 2. The predicted octanol–water partition coefficient (Wildman–Crippen LogP) is 3.14. The molecule has 88 valence electrons. The van der Waals surface area contributed by atoms with Crippen molar-refractivity contribution >= 4 is 5.69 Å². The van der Waals surface area contributed by atoms with Crippen LogP contribution >= 0.6 is 0 Å². The first-order valence-electron chi connectivity index (χ1n) is 6.02. The number of hydrogen-bond acceptors (Lipinski definition) is 2. The van der Waals surface area contributed by atoms with Crippen molar-refractivity contribution in [2.75, 3.05) is 18.0 Å². The number of pyridine rings is 1. The maximum Gasteiger partial charge on any atom is 0.103 e. The van der Waals surface area contributed by atoms with Crippen molar-refractivity contribution in [2.24, 2.45) is 0 Å². The highest BCUT2D eigenvalue weighted by Gasteiger charge is 2.18. The topological polar surface area (TPSA) is 16.1 Å². The zero-order valence-corrected chi connectivity index (χ0v) is 9.99. The van der Waals surface area contributed by atoms with Gasteiger partial charge in [-0.05, 0) is 30.9 Å². The minimum Gasteiger partial charge on any atom is -0.370 e. The highest BCUT2D eigenvalue weighted by molar-refractivity contribution is 5.45. The maximum atomic E-state index is 13.0. The Balaban J connectivity index is 2.04. The first kappa shape index (κ1) is 11.4. The molecule has 0 spiro atoms. The van der Waals surface area contributed by atoms with Gasteiger partial charge < -0.3 is 4.90 Å². The molecule has 0 amide bonds. The lowest BCUT2D eigenvalue weighted by Crippen LogP contribution is -2.34. The SMILES string of the molecule is CC(C)c1ccc(N2CCC(F)CC2)cn1. The molecule has 0 bridgehead atoms. The Kier molecular flexibility index (Phi) is 3.42. The van der Waals surface area contributed by atoms with E-state index in [9.17, 15) is 4.39 Å². The van der Waals surface area contributed by atoms with E-state index in [1.54, 1.807) is 0 Å². The standard InChI is InChI=1S/C13H19FN2/c1-10(2)13-4-3-12(9-15-13)16-7-5-11(14)6-8-16/h3-4,9-11H,5-8H2,1-2H3. The molecule has 0 unspecified atom stereocenters. The van der Waals surface area contributed by atoms with Crippen LogP contribution in [0.5, 0.6) is 0 Å². The van der Waals surface area contributed by atoms with E-state index in [1.165, 1.54) is 0 Å². The van der Waals surface area contributed by atoms with Crippen molar-refractivity contribution in [3.8, 4) is 0 Å². The number of hydrogen-bond donors (Lipinski definition) is 0. The molecule has 1 fully saturated rings. The summed E-state index contributed by atoms with van der Waals surface area (Å²) in [7, 11) is 0. The number of nitrogens with zero attached hydrogens (tertiary/aromatic N) is 2. The summed E-state index contributed by atoms with van der Waals surface area (Å²) in [6, 6.07) is 4.17. The second-order valence-electron chi connectivity index (χ2n) is 4.76. The van der Waals surface area contributed by atoms with Crippen molar-refractivity contribution in [3.05, 3.63) is 24.0 Å². The molecule has 0 aromatic carbocycles. The molecular formula is C13H19FN2. The van der Waals surface area contributed by atoms with E-state index >= 15 is 0 Å². The van der Waals surface area contributed by atoms with Gasteiger partial charge in [-0.2, -0.15) is 0 Å². The third-order valence-corrected chi connectivity index (χ3v) is 3.15. The first-order chi connectivity index (χ1) is 7.66. The van der Waals surface area contributed by atoms with E-state index < -0.39 is 6.17 Å². The number of alkyl halides is 1. The summed E-state index contributed by atoms with van der Waals surface area (Å²) in [5.74, 6) is 0.464. The van der Waals surface area contributed by atoms with Crippen molar-refractivity contribution in [2.45, 2.75) is 38.8 Å². The second-order valence-corrected chi connectivity index (χ2v) is 4.76. The van der Waals surface area contributed by atoms with Gasteiger partial charge in [-0.25, -0.2) is 4.39 Å². The summed E-state index contributed by atoms with van der Waals surface area (Å²) in [5.41, 5.74) is 2.24. The van der Waals surface area contributed by atoms with Gasteiger partial charge >= 0.3 is 0 Å². The fraction of sp³-hybridized carbons (Fsp3) is 0.615. The van der Waals surface area contributed by atoms with Gasteiger partial charge in [0.2, 0.25) is 0 Å². The number of aromatic nitrogens is 1. The van der Waals surface area contributed by atoms with E-state index in [4.69, 9.17) is 0 Å². The largest absolute Gasteiger partial charge is 0.370 e. The summed E-state index contributed by atoms with van der Waals surface area (Å²) >= 11 is 0. The average Bonchev–Trinajstić information content (AvgIpc) is 2.30. The fourth-order valence-corrected chi connectivity index (χ4v) is 2.03. The molecule has 16 heavy (non-hydrogen) atoms. The molecule has 3 heteroatoms. The van der Waals surface area contributed by atoms with Gasteiger partial charge in [-0.15, -0.1) is 0 Å². The summed E-state index contributed by atoms with van der Waals surface area (Å²) in [4.78, 5) is 6.65. The molecule has 2 rings (SSSR count). The number of halogens is 1. The Hall–Kier alpha value is -1.12. The van der Waals surface area contributed by atoms with Gasteiger partial charge in [0.25, 0.3) is 0 Å². The highest BCUT2D eigenvalue weighted by atomic mass is 19.1. The van der Waals surface area contributed by atoms with Gasteiger partial charge in [0.1, 0.15) is 6.17 Å². The van der Waals surface area contributed by atoms with Crippen LogP contribution in [0.15, 0.2) is 18.3 Å². The van der Waals surface area contributed by atoms with Gasteiger partial charge in [0.05, 0.1) is 11.9 Å². The van der Waals surface area contributed by atoms with Crippen LogP contribution in [0, 0.1) is 0 Å². The normalized spacial score (nSPS) is 18.1. The third-order valence-electron chi connectivity index (χ3n) is 3.15. The molecule has 1 aromatic heterocycles. The Labute approximate surface area is 96.5 Å². The van der Waals surface area contributed by atoms with E-state index in [2.05, 4.69) is 35.9 Å². The van der Waals surface area contributed by atoms with Crippen LogP contribution in [0.1, 0.15) is 38.3 Å². The first-order valence-corrected chi connectivity index (χ1v) is 6.02. The molecule has 1 saturated heterocycles. The van der Waals surface area contributed by atoms with Gasteiger partial charge in [0.15, 0.2) is 0 Å². The van der Waals surface area contributed by atoms with Crippen LogP contribution in [0.2, 0.25) is 0 Å². The lowest BCUT2D eigenvalue weighted by molar-refractivity contribution is 0.277. The minimum atomic E-state index is -0.612. The Morgan fingerprint density at radius 2 is 2.00 bits per heavy atom. The minimum absolute atomic E-state index is 0.464. The molecule has 1 aliphatic heterocycles. The van der Waals surface area contributed by atoms with E-state index in [1.807, 2.05) is 6.20 Å².